The predicted octanol–water partition coefficient (Wildman–Crippen LogP) is 1.85. The Labute approximate surface area is 96.6 Å². The highest BCUT2D eigenvalue weighted by Crippen LogP contribution is 2.17. The zero-order valence-electron chi connectivity index (χ0n) is 9.30. The van der Waals surface area contributed by atoms with E-state index in [1.165, 1.54) is 6.07 Å². The van der Waals surface area contributed by atoms with Gasteiger partial charge in [-0.1, -0.05) is 6.92 Å². The third-order valence-electron chi connectivity index (χ3n) is 1.77. The predicted molar refractivity (Wildman–Crippen MR) is 59.8 cm³/mol. The lowest BCUT2D eigenvalue weighted by Gasteiger charge is -2.11. The fourth-order valence-electron chi connectivity index (χ4n) is 1.09. The summed E-state index contributed by atoms with van der Waals surface area (Å²) < 4.78 is 36.0. The van der Waals surface area contributed by atoms with Crippen LogP contribution in [0.1, 0.15) is 13.3 Å². The summed E-state index contributed by atoms with van der Waals surface area (Å²) in [5.74, 6) is 0.383. The van der Waals surface area contributed by atoms with Gasteiger partial charge in [-0.05, 0) is 6.42 Å². The van der Waals surface area contributed by atoms with E-state index in [9.17, 15) is 13.2 Å². The zero-order valence-corrected chi connectivity index (χ0v) is 9.30. The van der Waals surface area contributed by atoms with Gasteiger partial charge in [-0.25, -0.2) is 0 Å². The number of hydrogen-bond donors (Lipinski definition) is 3. The highest BCUT2D eigenvalue weighted by Gasteiger charge is 2.26. The maximum Gasteiger partial charge on any atom is 0.405 e. The molecule has 0 saturated heterocycles. The van der Waals surface area contributed by atoms with Gasteiger partial charge in [0.15, 0.2) is 0 Å². The molecule has 1 aromatic heterocycles. The van der Waals surface area contributed by atoms with Crippen LogP contribution in [-0.4, -0.2) is 29.2 Å². The summed E-state index contributed by atoms with van der Waals surface area (Å²) in [5, 5.41) is 5.07. The molecule has 8 heteroatoms. The summed E-state index contributed by atoms with van der Waals surface area (Å²) in [6.45, 7) is 1.46. The molecule has 0 amide bonds. The fraction of sp³-hybridized carbons (Fsp3) is 0.556. The quantitative estimate of drug-likeness (QED) is 0.742. The SMILES string of the molecule is CCCNc1cc(NCC(F)(F)F)nc(N)n1. The molecule has 0 spiro atoms. The van der Waals surface area contributed by atoms with Crippen LogP contribution in [0.15, 0.2) is 6.07 Å². The summed E-state index contributed by atoms with van der Waals surface area (Å²) in [7, 11) is 0. The first-order valence-corrected chi connectivity index (χ1v) is 5.10. The molecule has 1 aromatic rings. The molecular weight excluding hydrogens is 235 g/mol. The zero-order chi connectivity index (χ0) is 12.9. The van der Waals surface area contributed by atoms with Gasteiger partial charge in [0.25, 0.3) is 0 Å². The van der Waals surface area contributed by atoms with Crippen molar-refractivity contribution in [2.24, 2.45) is 0 Å². The minimum Gasteiger partial charge on any atom is -0.370 e. The van der Waals surface area contributed by atoms with Crippen molar-refractivity contribution >= 4 is 17.6 Å². The maximum atomic E-state index is 12.0. The average Bonchev–Trinajstić information content (AvgIpc) is 2.22. The molecule has 5 nitrogen and oxygen atoms in total. The Morgan fingerprint density at radius 2 is 1.82 bits per heavy atom. The van der Waals surface area contributed by atoms with Crippen molar-refractivity contribution in [1.29, 1.82) is 0 Å². The molecule has 0 saturated carbocycles. The molecule has 1 heterocycles. The van der Waals surface area contributed by atoms with Crippen molar-refractivity contribution in [1.82, 2.24) is 9.97 Å². The molecule has 0 atom stereocenters. The van der Waals surface area contributed by atoms with Crippen LogP contribution in [0.5, 0.6) is 0 Å². The number of nitrogen functional groups attached to an aromatic ring is 1. The normalized spacial score (nSPS) is 11.3. The number of halogens is 3. The Morgan fingerprint density at radius 1 is 1.24 bits per heavy atom. The molecule has 0 unspecified atom stereocenters. The van der Waals surface area contributed by atoms with Crippen molar-refractivity contribution in [2.45, 2.75) is 19.5 Å². The minimum absolute atomic E-state index is 0.0495. The van der Waals surface area contributed by atoms with E-state index in [4.69, 9.17) is 5.73 Å². The number of nitrogens with two attached hydrogens (primary N) is 1. The van der Waals surface area contributed by atoms with Crippen LogP contribution in [0.2, 0.25) is 0 Å². The monoisotopic (exact) mass is 249 g/mol. The minimum atomic E-state index is -4.29. The molecule has 0 fully saturated rings. The van der Waals surface area contributed by atoms with Crippen LogP contribution in [0, 0.1) is 0 Å². The molecule has 96 valence electrons. The van der Waals surface area contributed by atoms with E-state index < -0.39 is 12.7 Å². The number of hydrogen-bond acceptors (Lipinski definition) is 5. The fourth-order valence-corrected chi connectivity index (χ4v) is 1.09. The molecule has 0 radical (unpaired) electrons. The molecule has 4 N–H and O–H groups in total. The van der Waals surface area contributed by atoms with Crippen molar-refractivity contribution in [3.8, 4) is 0 Å². The van der Waals surface area contributed by atoms with E-state index >= 15 is 0 Å². The second-order valence-electron chi connectivity index (χ2n) is 3.39. The Kier molecular flexibility index (Phi) is 4.36. The van der Waals surface area contributed by atoms with Crippen molar-refractivity contribution < 1.29 is 13.2 Å². The summed E-state index contributed by atoms with van der Waals surface area (Å²) in [5.41, 5.74) is 5.39. The van der Waals surface area contributed by atoms with E-state index in [1.807, 2.05) is 6.92 Å². The number of nitrogens with one attached hydrogen (secondary N) is 2. The van der Waals surface area contributed by atoms with Crippen LogP contribution in [0.3, 0.4) is 0 Å². The summed E-state index contributed by atoms with van der Waals surface area (Å²) in [6.07, 6.45) is -3.42. The second-order valence-corrected chi connectivity index (χ2v) is 3.39. The van der Waals surface area contributed by atoms with Gasteiger partial charge < -0.3 is 16.4 Å². The topological polar surface area (TPSA) is 75.9 Å². The lowest BCUT2D eigenvalue weighted by molar-refractivity contribution is -0.115. The number of alkyl halides is 3. The first kappa shape index (κ1) is 13.3. The highest BCUT2D eigenvalue weighted by atomic mass is 19.4. The van der Waals surface area contributed by atoms with Crippen molar-refractivity contribution in [3.05, 3.63) is 6.07 Å². The highest BCUT2D eigenvalue weighted by molar-refractivity contribution is 5.51. The third kappa shape index (κ3) is 5.23. The van der Waals surface area contributed by atoms with Gasteiger partial charge in [0.1, 0.15) is 18.2 Å². The second kappa shape index (κ2) is 5.55. The van der Waals surface area contributed by atoms with Crippen LogP contribution < -0.4 is 16.4 Å². The standard InChI is InChI=1S/C9H14F3N5/c1-2-3-14-6-4-7(17-8(13)16-6)15-5-9(10,11)12/h4H,2-3,5H2,1H3,(H4,13,14,15,16,17). The van der Waals surface area contributed by atoms with Crippen LogP contribution in [0.25, 0.3) is 0 Å². The van der Waals surface area contributed by atoms with E-state index in [0.29, 0.717) is 12.4 Å². The average molecular weight is 249 g/mol. The van der Waals surface area contributed by atoms with Gasteiger partial charge >= 0.3 is 6.18 Å². The molecule has 0 bridgehead atoms. The molecule has 0 aromatic carbocycles. The van der Waals surface area contributed by atoms with Gasteiger partial charge in [0.05, 0.1) is 0 Å². The van der Waals surface area contributed by atoms with Crippen molar-refractivity contribution in [2.75, 3.05) is 29.5 Å². The Bertz CT molecular complexity index is 366. The lowest BCUT2D eigenvalue weighted by Crippen LogP contribution is -2.22. The Balaban J connectivity index is 2.68. The molecule has 0 aliphatic heterocycles. The van der Waals surface area contributed by atoms with Crippen LogP contribution in [-0.2, 0) is 0 Å². The Hall–Kier alpha value is -1.73. The molecule has 0 aliphatic carbocycles. The first-order chi connectivity index (χ1) is 7.90. The third-order valence-corrected chi connectivity index (χ3v) is 1.77. The molecule has 17 heavy (non-hydrogen) atoms. The van der Waals surface area contributed by atoms with E-state index in [0.717, 1.165) is 6.42 Å². The largest absolute Gasteiger partial charge is 0.405 e. The van der Waals surface area contributed by atoms with Gasteiger partial charge in [0, 0.05) is 12.6 Å². The van der Waals surface area contributed by atoms with Gasteiger partial charge in [-0.3, -0.25) is 0 Å². The number of anilines is 3. The first-order valence-electron chi connectivity index (χ1n) is 5.10. The lowest BCUT2D eigenvalue weighted by atomic mass is 10.4. The van der Waals surface area contributed by atoms with Crippen LogP contribution >= 0.6 is 0 Å². The number of rotatable bonds is 5. The van der Waals surface area contributed by atoms with E-state index in [-0.39, 0.29) is 11.8 Å². The number of aromatic nitrogens is 2. The maximum absolute atomic E-state index is 12.0. The van der Waals surface area contributed by atoms with Crippen LogP contribution in [0.4, 0.5) is 30.8 Å². The molecule has 0 aliphatic rings. The van der Waals surface area contributed by atoms with Crippen molar-refractivity contribution in [3.63, 3.8) is 0 Å². The molecule has 1 rings (SSSR count). The van der Waals surface area contributed by atoms with E-state index in [1.54, 1.807) is 0 Å². The Morgan fingerprint density at radius 3 is 2.35 bits per heavy atom. The summed E-state index contributed by atoms with van der Waals surface area (Å²) >= 11 is 0. The van der Waals surface area contributed by atoms with Gasteiger partial charge in [-0.15, -0.1) is 0 Å². The van der Waals surface area contributed by atoms with E-state index in [2.05, 4.69) is 20.6 Å². The number of nitrogens with zero attached hydrogens (tertiary/aromatic N) is 2. The van der Waals surface area contributed by atoms with Gasteiger partial charge in [-0.2, -0.15) is 23.1 Å². The van der Waals surface area contributed by atoms with Gasteiger partial charge in [0.2, 0.25) is 5.95 Å². The molecular formula is C9H14F3N5. The summed E-state index contributed by atoms with van der Waals surface area (Å²) in [4.78, 5) is 7.51. The summed E-state index contributed by atoms with van der Waals surface area (Å²) in [6, 6.07) is 1.39. The smallest absolute Gasteiger partial charge is 0.370 e.